The maximum Gasteiger partial charge on any atom is 0.245 e. The second kappa shape index (κ2) is 10.1. The third-order valence-corrected chi connectivity index (χ3v) is 6.91. The molecule has 10 heteroatoms. The Morgan fingerprint density at radius 1 is 1.06 bits per heavy atom. The van der Waals surface area contributed by atoms with Crippen LogP contribution in [-0.4, -0.2) is 72.8 Å². The zero-order valence-corrected chi connectivity index (χ0v) is 20.6. The summed E-state index contributed by atoms with van der Waals surface area (Å²) in [5.41, 5.74) is 5.78. The minimum atomic E-state index is -2.26. The third kappa shape index (κ3) is 5.35. The number of hydrogen-bond acceptors (Lipinski definition) is 7. The van der Waals surface area contributed by atoms with E-state index >= 15 is 0 Å². The van der Waals surface area contributed by atoms with Gasteiger partial charge in [0.15, 0.2) is 0 Å². The molecule has 1 aliphatic heterocycles. The van der Waals surface area contributed by atoms with Crippen LogP contribution in [-0.2, 0) is 17.8 Å². The Morgan fingerprint density at radius 3 is 2.57 bits per heavy atom. The molecule has 0 bridgehead atoms. The SMILES string of the molecule is CN1CCN(c2ccc(Nc3ncc4ccc(-c5cccc(CN(C)S(=O)[O-])c5)n4n3)cc2)CC1. The number of hydrogen-bond donors (Lipinski definition) is 1. The molecular weight excluding hydrogens is 462 g/mol. The van der Waals surface area contributed by atoms with E-state index in [1.54, 1.807) is 13.2 Å². The van der Waals surface area contributed by atoms with Crippen LogP contribution in [0.2, 0.25) is 0 Å². The summed E-state index contributed by atoms with van der Waals surface area (Å²) in [6.45, 7) is 4.52. The summed E-state index contributed by atoms with van der Waals surface area (Å²) < 4.78 is 25.5. The second-order valence-corrected chi connectivity index (χ2v) is 9.86. The van der Waals surface area contributed by atoms with Crippen molar-refractivity contribution in [3.8, 4) is 11.3 Å². The number of nitrogens with zero attached hydrogens (tertiary/aromatic N) is 6. The van der Waals surface area contributed by atoms with Crippen LogP contribution in [0, 0.1) is 0 Å². The normalized spacial score (nSPS) is 15.6. The molecule has 3 heterocycles. The summed E-state index contributed by atoms with van der Waals surface area (Å²) in [5.74, 6) is 0.500. The molecule has 1 saturated heterocycles. The molecule has 0 aliphatic carbocycles. The molecule has 5 rings (SSSR count). The number of rotatable bonds is 7. The first-order valence-corrected chi connectivity index (χ1v) is 12.5. The molecule has 1 aliphatic rings. The van der Waals surface area contributed by atoms with Crippen LogP contribution in [0.5, 0.6) is 0 Å². The van der Waals surface area contributed by atoms with E-state index in [9.17, 15) is 8.76 Å². The molecule has 0 spiro atoms. The van der Waals surface area contributed by atoms with Crippen LogP contribution >= 0.6 is 0 Å². The minimum absolute atomic E-state index is 0.305. The zero-order chi connectivity index (χ0) is 24.4. The van der Waals surface area contributed by atoms with E-state index in [1.165, 1.54) is 9.99 Å². The quantitative estimate of drug-likeness (QED) is 0.398. The standard InChI is InChI=1S/C25H29N7O2S/c1-29-12-14-31(15-13-29)22-8-6-21(7-9-22)27-25-26-17-23-10-11-24(32(23)28-25)20-5-3-4-19(16-20)18-30(2)35(33)34/h3-11,16-17H,12-15,18H2,1-2H3,(H,27,28)(H,33,34)/p-1. The van der Waals surface area contributed by atoms with Crippen molar-refractivity contribution in [1.29, 1.82) is 0 Å². The topological polar surface area (TPSA) is 92.1 Å². The molecule has 182 valence electrons. The van der Waals surface area contributed by atoms with Crippen LogP contribution in [0.1, 0.15) is 5.56 Å². The fourth-order valence-corrected chi connectivity index (χ4v) is 4.52. The number of fused-ring (bicyclic) bond motifs is 1. The monoisotopic (exact) mass is 490 g/mol. The fourth-order valence-electron chi connectivity index (χ4n) is 4.27. The van der Waals surface area contributed by atoms with Gasteiger partial charge < -0.3 is 19.7 Å². The summed E-state index contributed by atoms with van der Waals surface area (Å²) >= 11 is -2.26. The maximum absolute atomic E-state index is 11.2. The number of anilines is 3. The molecule has 2 aromatic carbocycles. The van der Waals surface area contributed by atoms with E-state index in [2.05, 4.69) is 51.4 Å². The Balaban J connectivity index is 1.35. The van der Waals surface area contributed by atoms with Crippen LogP contribution in [0.25, 0.3) is 16.8 Å². The molecule has 35 heavy (non-hydrogen) atoms. The lowest BCUT2D eigenvalue weighted by Crippen LogP contribution is -2.44. The van der Waals surface area contributed by atoms with Gasteiger partial charge in [-0.05, 0) is 62.1 Å². The molecule has 1 fully saturated rings. The molecule has 2 aromatic heterocycles. The van der Waals surface area contributed by atoms with E-state index in [0.29, 0.717) is 12.5 Å². The number of nitrogens with one attached hydrogen (secondary N) is 1. The van der Waals surface area contributed by atoms with Gasteiger partial charge in [-0.1, -0.05) is 18.2 Å². The smallest absolute Gasteiger partial charge is 0.245 e. The van der Waals surface area contributed by atoms with Crippen molar-refractivity contribution in [2.45, 2.75) is 6.54 Å². The van der Waals surface area contributed by atoms with Crippen LogP contribution < -0.4 is 10.2 Å². The highest BCUT2D eigenvalue weighted by atomic mass is 32.2. The molecule has 1 N–H and O–H groups in total. The zero-order valence-electron chi connectivity index (χ0n) is 19.8. The highest BCUT2D eigenvalue weighted by Crippen LogP contribution is 2.25. The van der Waals surface area contributed by atoms with Crippen molar-refractivity contribution >= 4 is 34.1 Å². The van der Waals surface area contributed by atoms with Gasteiger partial charge in [0.2, 0.25) is 5.95 Å². The maximum atomic E-state index is 11.2. The number of aromatic nitrogens is 3. The summed E-state index contributed by atoms with van der Waals surface area (Å²) in [6.07, 6.45) is 1.79. The van der Waals surface area contributed by atoms with Crippen LogP contribution in [0.3, 0.4) is 0 Å². The van der Waals surface area contributed by atoms with Gasteiger partial charge in [0.05, 0.1) is 17.4 Å². The van der Waals surface area contributed by atoms with Crippen molar-refractivity contribution in [3.05, 3.63) is 72.4 Å². The van der Waals surface area contributed by atoms with Gasteiger partial charge in [0.25, 0.3) is 0 Å². The highest BCUT2D eigenvalue weighted by molar-refractivity contribution is 7.76. The summed E-state index contributed by atoms with van der Waals surface area (Å²) in [5, 5.41) is 8.02. The predicted molar refractivity (Wildman–Crippen MR) is 138 cm³/mol. The lowest BCUT2D eigenvalue weighted by molar-refractivity contribution is 0.313. The molecule has 4 aromatic rings. The van der Waals surface area contributed by atoms with E-state index in [-0.39, 0.29) is 0 Å². The van der Waals surface area contributed by atoms with Crippen molar-refractivity contribution in [1.82, 2.24) is 23.8 Å². The number of benzene rings is 2. The summed E-state index contributed by atoms with van der Waals surface area (Å²) in [6, 6.07) is 20.1. The van der Waals surface area contributed by atoms with Crippen molar-refractivity contribution < 1.29 is 8.76 Å². The van der Waals surface area contributed by atoms with E-state index in [1.807, 2.05) is 40.9 Å². The number of piperazine rings is 1. The van der Waals surface area contributed by atoms with Gasteiger partial charge >= 0.3 is 0 Å². The van der Waals surface area contributed by atoms with E-state index in [0.717, 1.165) is 54.2 Å². The Hall–Kier alpha value is -3.31. The van der Waals surface area contributed by atoms with Crippen molar-refractivity contribution in [2.24, 2.45) is 0 Å². The first-order chi connectivity index (χ1) is 17.0. The molecule has 0 saturated carbocycles. The van der Waals surface area contributed by atoms with Gasteiger partial charge in [-0.15, -0.1) is 5.10 Å². The molecule has 1 unspecified atom stereocenters. The van der Waals surface area contributed by atoms with Crippen LogP contribution in [0.4, 0.5) is 17.3 Å². The molecule has 9 nitrogen and oxygen atoms in total. The van der Waals surface area contributed by atoms with E-state index < -0.39 is 11.3 Å². The first-order valence-electron chi connectivity index (χ1n) is 11.5. The lowest BCUT2D eigenvalue weighted by atomic mass is 10.1. The van der Waals surface area contributed by atoms with Gasteiger partial charge in [0, 0.05) is 60.9 Å². The Morgan fingerprint density at radius 2 is 1.83 bits per heavy atom. The van der Waals surface area contributed by atoms with Crippen molar-refractivity contribution in [2.75, 3.05) is 50.5 Å². The predicted octanol–water partition coefficient (Wildman–Crippen LogP) is 3.12. The average molecular weight is 491 g/mol. The van der Waals surface area contributed by atoms with Gasteiger partial charge in [-0.2, -0.15) is 0 Å². The van der Waals surface area contributed by atoms with Crippen LogP contribution in [0.15, 0.2) is 66.9 Å². The van der Waals surface area contributed by atoms with E-state index in [4.69, 9.17) is 5.10 Å². The van der Waals surface area contributed by atoms with Gasteiger partial charge in [-0.3, -0.25) is 4.21 Å². The third-order valence-electron chi connectivity index (χ3n) is 6.27. The lowest BCUT2D eigenvalue weighted by Gasteiger charge is -2.34. The van der Waals surface area contributed by atoms with Gasteiger partial charge in [0.1, 0.15) is 0 Å². The van der Waals surface area contributed by atoms with Crippen molar-refractivity contribution in [3.63, 3.8) is 0 Å². The largest absolute Gasteiger partial charge is 0.760 e. The summed E-state index contributed by atoms with van der Waals surface area (Å²) in [7, 11) is 3.70. The molecular formula is C25H28N7O2S-. The minimum Gasteiger partial charge on any atom is -0.760 e. The average Bonchev–Trinajstić information content (AvgIpc) is 3.28. The Labute approximate surface area is 207 Å². The first kappa shape index (κ1) is 23.4. The Kier molecular flexibility index (Phi) is 6.78. The number of likely N-dealkylation sites (N-methyl/N-ethyl adjacent to an activating group) is 1. The molecule has 0 radical (unpaired) electrons. The fraction of sp³-hybridized carbons (Fsp3) is 0.280. The highest BCUT2D eigenvalue weighted by Gasteiger charge is 2.14. The molecule has 1 atom stereocenters. The van der Waals surface area contributed by atoms with Gasteiger partial charge in [-0.25, -0.2) is 13.8 Å². The Bertz CT molecular complexity index is 1330. The second-order valence-electron chi connectivity index (χ2n) is 8.80. The molecule has 0 amide bonds. The summed E-state index contributed by atoms with van der Waals surface area (Å²) in [4.78, 5) is 9.22.